The van der Waals surface area contributed by atoms with E-state index in [1.165, 1.54) is 5.56 Å². The van der Waals surface area contributed by atoms with Crippen LogP contribution >= 0.6 is 15.9 Å². The summed E-state index contributed by atoms with van der Waals surface area (Å²) in [7, 11) is 0. The highest BCUT2D eigenvalue weighted by Crippen LogP contribution is 2.23. The van der Waals surface area contributed by atoms with Crippen molar-refractivity contribution in [3.05, 3.63) is 33.8 Å². The summed E-state index contributed by atoms with van der Waals surface area (Å²) in [6.07, 6.45) is 1.54. The summed E-state index contributed by atoms with van der Waals surface area (Å²) in [6.45, 7) is 4.11. The number of rotatable bonds is 3. The molecule has 0 aromatic heterocycles. The SMILES string of the molecule is CCCC(O)c1ccc(Br)c(C)c1. The van der Waals surface area contributed by atoms with Gasteiger partial charge in [0.1, 0.15) is 0 Å². The van der Waals surface area contributed by atoms with Crippen molar-refractivity contribution in [3.8, 4) is 0 Å². The Hall–Kier alpha value is -0.340. The van der Waals surface area contributed by atoms with Crippen LogP contribution in [-0.2, 0) is 0 Å². The van der Waals surface area contributed by atoms with Crippen molar-refractivity contribution in [3.63, 3.8) is 0 Å². The van der Waals surface area contributed by atoms with Crippen molar-refractivity contribution in [1.82, 2.24) is 0 Å². The predicted octanol–water partition coefficient (Wildman–Crippen LogP) is 3.59. The summed E-state index contributed by atoms with van der Waals surface area (Å²) in [5.74, 6) is 0. The third-order valence-electron chi connectivity index (χ3n) is 2.13. The number of aliphatic hydroxyl groups excluding tert-OH is 1. The zero-order valence-electron chi connectivity index (χ0n) is 8.05. The molecule has 0 aliphatic carbocycles. The highest BCUT2D eigenvalue weighted by atomic mass is 79.9. The highest BCUT2D eigenvalue weighted by Gasteiger charge is 2.06. The second-order valence-electron chi connectivity index (χ2n) is 3.31. The summed E-state index contributed by atoms with van der Waals surface area (Å²) in [6, 6.07) is 5.99. The summed E-state index contributed by atoms with van der Waals surface area (Å²) < 4.78 is 1.10. The summed E-state index contributed by atoms with van der Waals surface area (Å²) in [5.41, 5.74) is 2.19. The molecule has 1 nitrogen and oxygen atoms in total. The van der Waals surface area contributed by atoms with E-state index in [0.717, 1.165) is 22.9 Å². The van der Waals surface area contributed by atoms with Gasteiger partial charge in [-0.25, -0.2) is 0 Å². The molecule has 0 spiro atoms. The maximum Gasteiger partial charge on any atom is 0.0790 e. The van der Waals surface area contributed by atoms with Crippen molar-refractivity contribution < 1.29 is 5.11 Å². The molecule has 2 heteroatoms. The number of halogens is 1. The Morgan fingerprint density at radius 3 is 2.69 bits per heavy atom. The van der Waals surface area contributed by atoms with E-state index < -0.39 is 0 Å². The van der Waals surface area contributed by atoms with E-state index in [-0.39, 0.29) is 6.10 Å². The van der Waals surface area contributed by atoms with Gasteiger partial charge >= 0.3 is 0 Å². The number of aryl methyl sites for hydroxylation is 1. The molecular formula is C11H15BrO. The zero-order valence-corrected chi connectivity index (χ0v) is 9.63. The molecule has 0 saturated heterocycles. The van der Waals surface area contributed by atoms with Crippen LogP contribution in [0.5, 0.6) is 0 Å². The Kier molecular flexibility index (Phi) is 3.94. The molecule has 72 valence electrons. The van der Waals surface area contributed by atoms with Crippen LogP contribution in [0.3, 0.4) is 0 Å². The van der Waals surface area contributed by atoms with Gasteiger partial charge in [0, 0.05) is 4.47 Å². The maximum atomic E-state index is 9.72. The third-order valence-corrected chi connectivity index (χ3v) is 3.02. The molecule has 0 saturated carbocycles. The maximum absolute atomic E-state index is 9.72. The molecule has 1 unspecified atom stereocenters. The van der Waals surface area contributed by atoms with Gasteiger partial charge in [0.05, 0.1) is 6.10 Å². The van der Waals surface area contributed by atoms with Crippen LogP contribution in [0.2, 0.25) is 0 Å². The van der Waals surface area contributed by atoms with Gasteiger partial charge < -0.3 is 5.11 Å². The summed E-state index contributed by atoms with van der Waals surface area (Å²) >= 11 is 3.44. The summed E-state index contributed by atoms with van der Waals surface area (Å²) in [5, 5.41) is 9.72. The van der Waals surface area contributed by atoms with Gasteiger partial charge in [-0.1, -0.05) is 41.4 Å². The molecule has 0 heterocycles. The fourth-order valence-corrected chi connectivity index (χ4v) is 1.56. The molecule has 0 amide bonds. The quantitative estimate of drug-likeness (QED) is 0.860. The van der Waals surface area contributed by atoms with Crippen molar-refractivity contribution >= 4 is 15.9 Å². The van der Waals surface area contributed by atoms with E-state index in [1.807, 2.05) is 25.1 Å². The smallest absolute Gasteiger partial charge is 0.0790 e. The molecule has 0 aliphatic rings. The van der Waals surface area contributed by atoms with E-state index in [1.54, 1.807) is 0 Å². The molecule has 1 aromatic carbocycles. The Balaban J connectivity index is 2.84. The van der Waals surface area contributed by atoms with Gasteiger partial charge in [0.15, 0.2) is 0 Å². The Bertz CT molecular complexity index is 283. The molecule has 0 aliphatic heterocycles. The van der Waals surface area contributed by atoms with Crippen LogP contribution in [0, 0.1) is 6.92 Å². The monoisotopic (exact) mass is 242 g/mol. The number of hydrogen-bond donors (Lipinski definition) is 1. The van der Waals surface area contributed by atoms with Crippen LogP contribution in [-0.4, -0.2) is 5.11 Å². The fraction of sp³-hybridized carbons (Fsp3) is 0.455. The average Bonchev–Trinajstić information content (AvgIpc) is 2.10. The lowest BCUT2D eigenvalue weighted by Gasteiger charge is -2.10. The van der Waals surface area contributed by atoms with E-state index in [2.05, 4.69) is 22.9 Å². The summed E-state index contributed by atoms with van der Waals surface area (Å²) in [4.78, 5) is 0. The minimum absolute atomic E-state index is 0.309. The van der Waals surface area contributed by atoms with Gasteiger partial charge in [-0.2, -0.15) is 0 Å². The second kappa shape index (κ2) is 4.77. The van der Waals surface area contributed by atoms with Gasteiger partial charge in [0.25, 0.3) is 0 Å². The molecular weight excluding hydrogens is 228 g/mol. The molecule has 13 heavy (non-hydrogen) atoms. The van der Waals surface area contributed by atoms with Crippen molar-refractivity contribution in [2.45, 2.75) is 32.8 Å². The second-order valence-corrected chi connectivity index (χ2v) is 4.17. The first-order valence-electron chi connectivity index (χ1n) is 4.59. The lowest BCUT2D eigenvalue weighted by Crippen LogP contribution is -1.96. The van der Waals surface area contributed by atoms with Gasteiger partial charge in [0.2, 0.25) is 0 Å². The number of hydrogen-bond acceptors (Lipinski definition) is 1. The fourth-order valence-electron chi connectivity index (χ4n) is 1.32. The highest BCUT2D eigenvalue weighted by molar-refractivity contribution is 9.10. The molecule has 1 N–H and O–H groups in total. The predicted molar refractivity (Wildman–Crippen MR) is 58.7 cm³/mol. The van der Waals surface area contributed by atoms with E-state index in [9.17, 15) is 5.11 Å². The van der Waals surface area contributed by atoms with E-state index >= 15 is 0 Å². The van der Waals surface area contributed by atoms with E-state index in [0.29, 0.717) is 0 Å². The van der Waals surface area contributed by atoms with Gasteiger partial charge in [-0.3, -0.25) is 0 Å². The Morgan fingerprint density at radius 2 is 2.15 bits per heavy atom. The minimum Gasteiger partial charge on any atom is -0.388 e. The van der Waals surface area contributed by atoms with E-state index in [4.69, 9.17) is 0 Å². The van der Waals surface area contributed by atoms with Crippen LogP contribution in [0.4, 0.5) is 0 Å². The van der Waals surface area contributed by atoms with Crippen molar-refractivity contribution in [2.75, 3.05) is 0 Å². The number of aliphatic hydroxyl groups is 1. The first-order valence-corrected chi connectivity index (χ1v) is 5.38. The number of benzene rings is 1. The Morgan fingerprint density at radius 1 is 1.46 bits per heavy atom. The average molecular weight is 243 g/mol. The topological polar surface area (TPSA) is 20.2 Å². The Labute approximate surface area is 87.9 Å². The zero-order chi connectivity index (χ0) is 9.84. The molecule has 1 rings (SSSR count). The normalized spacial score (nSPS) is 12.9. The molecule has 0 fully saturated rings. The third kappa shape index (κ3) is 2.82. The molecule has 0 bridgehead atoms. The van der Waals surface area contributed by atoms with Crippen LogP contribution in [0.15, 0.2) is 22.7 Å². The van der Waals surface area contributed by atoms with Crippen LogP contribution in [0.25, 0.3) is 0 Å². The van der Waals surface area contributed by atoms with Gasteiger partial charge in [-0.05, 0) is 30.5 Å². The minimum atomic E-state index is -0.309. The first kappa shape index (κ1) is 10.7. The van der Waals surface area contributed by atoms with Crippen molar-refractivity contribution in [1.29, 1.82) is 0 Å². The van der Waals surface area contributed by atoms with Crippen LogP contribution in [0.1, 0.15) is 37.0 Å². The lowest BCUT2D eigenvalue weighted by molar-refractivity contribution is 0.166. The molecule has 0 radical (unpaired) electrons. The standard InChI is InChI=1S/C11H15BrO/c1-3-4-11(13)9-5-6-10(12)8(2)7-9/h5-7,11,13H,3-4H2,1-2H3. The lowest BCUT2D eigenvalue weighted by atomic mass is 10.0. The molecule has 1 aromatic rings. The first-order chi connectivity index (χ1) is 6.15. The van der Waals surface area contributed by atoms with Crippen molar-refractivity contribution in [2.24, 2.45) is 0 Å². The van der Waals surface area contributed by atoms with Crippen LogP contribution < -0.4 is 0 Å². The molecule has 1 atom stereocenters. The largest absolute Gasteiger partial charge is 0.388 e. The van der Waals surface area contributed by atoms with Gasteiger partial charge in [-0.15, -0.1) is 0 Å².